The van der Waals surface area contributed by atoms with Crippen molar-refractivity contribution in [3.05, 3.63) is 35.4 Å². The van der Waals surface area contributed by atoms with Gasteiger partial charge >= 0.3 is 0 Å². The molecule has 1 aromatic carbocycles. The van der Waals surface area contributed by atoms with E-state index in [1.807, 2.05) is 19.1 Å². The van der Waals surface area contributed by atoms with Crippen molar-refractivity contribution in [2.45, 2.75) is 31.3 Å². The highest BCUT2D eigenvalue weighted by atomic mass is 16.6. The van der Waals surface area contributed by atoms with Gasteiger partial charge in [0.15, 0.2) is 0 Å². The van der Waals surface area contributed by atoms with Crippen LogP contribution in [0.15, 0.2) is 24.3 Å². The third kappa shape index (κ3) is 3.52. The largest absolute Gasteiger partial charge is 0.370 e. The number of hydrogen-bond acceptors (Lipinski definition) is 5. The molecule has 124 valence electrons. The van der Waals surface area contributed by atoms with Crippen LogP contribution >= 0.6 is 0 Å². The van der Waals surface area contributed by atoms with Gasteiger partial charge in [-0.05, 0) is 19.1 Å². The maximum Gasteiger partial charge on any atom is 0.251 e. The van der Waals surface area contributed by atoms with Crippen molar-refractivity contribution in [2.75, 3.05) is 19.8 Å². The van der Waals surface area contributed by atoms with Crippen LogP contribution < -0.4 is 11.1 Å². The van der Waals surface area contributed by atoms with E-state index in [1.165, 1.54) is 0 Å². The molecule has 0 radical (unpaired) electrons. The number of amides is 2. The van der Waals surface area contributed by atoms with E-state index < -0.39 is 5.91 Å². The third-order valence-corrected chi connectivity index (χ3v) is 4.08. The van der Waals surface area contributed by atoms with Gasteiger partial charge in [0.05, 0.1) is 19.3 Å². The molecule has 2 amide bonds. The lowest BCUT2D eigenvalue weighted by Gasteiger charge is -2.18. The minimum Gasteiger partial charge on any atom is -0.370 e. The Labute approximate surface area is 134 Å². The van der Waals surface area contributed by atoms with E-state index in [4.69, 9.17) is 19.9 Å². The second-order valence-electron chi connectivity index (χ2n) is 5.86. The number of primary amides is 1. The SMILES string of the molecule is Cc1ccc(C(=O)NC2COC3C(OCC(N)=O)COC23)cc1. The molecule has 0 bridgehead atoms. The van der Waals surface area contributed by atoms with Crippen molar-refractivity contribution >= 4 is 11.8 Å². The van der Waals surface area contributed by atoms with Crippen LogP contribution in [0.5, 0.6) is 0 Å². The zero-order valence-electron chi connectivity index (χ0n) is 12.9. The standard InChI is InChI=1S/C16H20N2O5/c1-9-2-4-10(5-3-9)16(20)18-11-6-22-15-12(7-23-14(11)15)21-8-13(17)19/h2-5,11-12,14-15H,6-8H2,1H3,(H2,17,19)(H,18,20). The molecule has 23 heavy (non-hydrogen) atoms. The van der Waals surface area contributed by atoms with E-state index in [0.29, 0.717) is 18.8 Å². The quantitative estimate of drug-likeness (QED) is 0.780. The average molecular weight is 320 g/mol. The minimum absolute atomic E-state index is 0.163. The highest BCUT2D eigenvalue weighted by Crippen LogP contribution is 2.29. The van der Waals surface area contributed by atoms with Gasteiger partial charge in [0.25, 0.3) is 5.91 Å². The summed E-state index contributed by atoms with van der Waals surface area (Å²) in [4.78, 5) is 23.1. The maximum atomic E-state index is 12.3. The Morgan fingerprint density at radius 1 is 1.22 bits per heavy atom. The molecular formula is C16H20N2O5. The molecule has 0 spiro atoms. The molecule has 4 atom stereocenters. The predicted octanol–water partition coefficient (Wildman–Crippen LogP) is -0.238. The number of nitrogens with two attached hydrogens (primary N) is 1. The highest BCUT2D eigenvalue weighted by Gasteiger charge is 2.48. The molecule has 3 N–H and O–H groups in total. The fraction of sp³-hybridized carbons (Fsp3) is 0.500. The van der Waals surface area contributed by atoms with E-state index in [2.05, 4.69) is 5.32 Å². The number of nitrogens with one attached hydrogen (secondary N) is 1. The number of ether oxygens (including phenoxy) is 3. The highest BCUT2D eigenvalue weighted by molar-refractivity contribution is 5.94. The number of carbonyl (C=O) groups is 2. The molecule has 2 aliphatic rings. The lowest BCUT2D eigenvalue weighted by atomic mass is 10.1. The number of benzene rings is 1. The predicted molar refractivity (Wildman–Crippen MR) is 80.8 cm³/mol. The number of fused-ring (bicyclic) bond motifs is 1. The average Bonchev–Trinajstić information content (AvgIpc) is 3.09. The van der Waals surface area contributed by atoms with Gasteiger partial charge < -0.3 is 25.3 Å². The van der Waals surface area contributed by atoms with Gasteiger partial charge in [-0.25, -0.2) is 0 Å². The molecule has 1 aromatic rings. The minimum atomic E-state index is -0.532. The summed E-state index contributed by atoms with van der Waals surface area (Å²) in [6.07, 6.45) is -0.909. The van der Waals surface area contributed by atoms with Gasteiger partial charge in [-0.2, -0.15) is 0 Å². The van der Waals surface area contributed by atoms with Crippen LogP contribution in [0, 0.1) is 6.92 Å². The number of rotatable bonds is 5. The summed E-state index contributed by atoms with van der Waals surface area (Å²) in [7, 11) is 0. The van der Waals surface area contributed by atoms with E-state index >= 15 is 0 Å². The van der Waals surface area contributed by atoms with Crippen LogP contribution in [0.1, 0.15) is 15.9 Å². The van der Waals surface area contributed by atoms with Crippen molar-refractivity contribution in [1.82, 2.24) is 5.32 Å². The van der Waals surface area contributed by atoms with Crippen LogP contribution in [-0.2, 0) is 19.0 Å². The zero-order chi connectivity index (χ0) is 16.4. The lowest BCUT2D eigenvalue weighted by molar-refractivity contribution is -0.126. The van der Waals surface area contributed by atoms with E-state index in [9.17, 15) is 9.59 Å². The Kier molecular flexibility index (Phi) is 4.61. The Bertz CT molecular complexity index is 589. The molecule has 0 aliphatic carbocycles. The molecule has 3 rings (SSSR count). The van der Waals surface area contributed by atoms with Gasteiger partial charge in [0.2, 0.25) is 5.91 Å². The molecule has 2 aliphatic heterocycles. The first-order valence-corrected chi connectivity index (χ1v) is 7.55. The Balaban J connectivity index is 1.57. The summed E-state index contributed by atoms with van der Waals surface area (Å²) in [5.41, 5.74) is 6.77. The van der Waals surface area contributed by atoms with Crippen molar-refractivity contribution in [1.29, 1.82) is 0 Å². The van der Waals surface area contributed by atoms with Gasteiger partial charge in [-0.15, -0.1) is 0 Å². The lowest BCUT2D eigenvalue weighted by Crippen LogP contribution is -2.44. The smallest absolute Gasteiger partial charge is 0.251 e. The van der Waals surface area contributed by atoms with E-state index in [0.717, 1.165) is 5.56 Å². The molecule has 2 heterocycles. The summed E-state index contributed by atoms with van der Waals surface area (Å²) in [6.45, 7) is 2.47. The zero-order valence-corrected chi connectivity index (χ0v) is 12.9. The van der Waals surface area contributed by atoms with Gasteiger partial charge in [-0.3, -0.25) is 9.59 Å². The molecule has 7 heteroatoms. The topological polar surface area (TPSA) is 99.9 Å². The number of hydrogen-bond donors (Lipinski definition) is 2. The molecule has 7 nitrogen and oxygen atoms in total. The monoisotopic (exact) mass is 320 g/mol. The van der Waals surface area contributed by atoms with Crippen LogP contribution in [-0.4, -0.2) is 56.0 Å². The van der Waals surface area contributed by atoms with Crippen molar-refractivity contribution in [2.24, 2.45) is 5.73 Å². The summed E-state index contributed by atoms with van der Waals surface area (Å²) in [6, 6.07) is 7.11. The Morgan fingerprint density at radius 2 is 1.91 bits per heavy atom. The first-order chi connectivity index (χ1) is 11.0. The van der Waals surface area contributed by atoms with E-state index in [-0.39, 0.29) is 36.9 Å². The van der Waals surface area contributed by atoms with Crippen molar-refractivity contribution < 1.29 is 23.8 Å². The first-order valence-electron chi connectivity index (χ1n) is 7.55. The van der Waals surface area contributed by atoms with Crippen molar-refractivity contribution in [3.8, 4) is 0 Å². The third-order valence-electron chi connectivity index (χ3n) is 4.08. The van der Waals surface area contributed by atoms with E-state index in [1.54, 1.807) is 12.1 Å². The molecule has 2 saturated heterocycles. The van der Waals surface area contributed by atoms with Crippen LogP contribution in [0.25, 0.3) is 0 Å². The second kappa shape index (κ2) is 6.66. The van der Waals surface area contributed by atoms with Gasteiger partial charge in [0.1, 0.15) is 24.9 Å². The number of aryl methyl sites for hydroxylation is 1. The van der Waals surface area contributed by atoms with Crippen molar-refractivity contribution in [3.63, 3.8) is 0 Å². The molecule has 0 aromatic heterocycles. The summed E-state index contributed by atoms with van der Waals surface area (Å²) >= 11 is 0. The summed E-state index contributed by atoms with van der Waals surface area (Å²) < 4.78 is 16.7. The molecule has 0 saturated carbocycles. The first kappa shape index (κ1) is 15.9. The Morgan fingerprint density at radius 3 is 2.61 bits per heavy atom. The Hall–Kier alpha value is -1.96. The fourth-order valence-electron chi connectivity index (χ4n) is 2.88. The molecular weight excluding hydrogens is 300 g/mol. The maximum absolute atomic E-state index is 12.3. The summed E-state index contributed by atoms with van der Waals surface area (Å²) in [5, 5.41) is 2.94. The summed E-state index contributed by atoms with van der Waals surface area (Å²) in [5.74, 6) is -0.694. The fourth-order valence-corrected chi connectivity index (χ4v) is 2.88. The van der Waals surface area contributed by atoms with Crippen LogP contribution in [0.3, 0.4) is 0 Å². The second-order valence-corrected chi connectivity index (χ2v) is 5.86. The van der Waals surface area contributed by atoms with Gasteiger partial charge in [0, 0.05) is 5.56 Å². The van der Waals surface area contributed by atoms with Crippen LogP contribution in [0.4, 0.5) is 0 Å². The van der Waals surface area contributed by atoms with Crippen LogP contribution in [0.2, 0.25) is 0 Å². The number of carbonyl (C=O) groups excluding carboxylic acids is 2. The normalized spacial score (nSPS) is 29.3. The molecule has 2 fully saturated rings. The molecule has 4 unspecified atom stereocenters. The van der Waals surface area contributed by atoms with Gasteiger partial charge in [-0.1, -0.05) is 17.7 Å².